The summed E-state index contributed by atoms with van der Waals surface area (Å²) < 4.78 is 22.7. The van der Waals surface area contributed by atoms with Gasteiger partial charge in [0.1, 0.15) is 48.8 Å². The van der Waals surface area contributed by atoms with Crippen LogP contribution in [0.25, 0.3) is 0 Å². The topological polar surface area (TPSA) is 228 Å². The number of ether oxygens (including phenoxy) is 4. The molecule has 0 saturated carbocycles. The summed E-state index contributed by atoms with van der Waals surface area (Å²) in [5.41, 5.74) is 0. The molecule has 2 saturated heterocycles. The molecule has 0 bridgehead atoms. The normalized spacial score (nSPS) is 23.8. The van der Waals surface area contributed by atoms with Crippen LogP contribution in [0, 0.1) is 0 Å². The van der Waals surface area contributed by atoms with Crippen LogP contribution in [-0.2, 0) is 23.7 Å². The standard InChI is InChI=1S/C70H131NO13/c1-3-5-7-9-11-13-14-15-16-17-18-19-20-21-22-23-24-25-26-27-28-29-30-31-32-33-34-35-36-37-38-39-40-41-42-43-44-46-48-50-52-54-62(75)71-58(59(74)53-51-49-47-45-12-10-8-6-4-2)57-81-69-67(80)65(78)68(61(56-73)83-69)84-70-66(79)64(77)63(76)60(55-72)82-70/h4,6,12,45,51,53,58-61,63-70,72-74,76-80H,3,5,7-11,13-44,46-50,52,54-57H2,1-2H3,(H,71,75)/b6-4+,45-12+,53-51+. The van der Waals surface area contributed by atoms with Gasteiger partial charge in [-0.25, -0.2) is 0 Å². The van der Waals surface area contributed by atoms with E-state index in [0.717, 1.165) is 38.5 Å². The molecule has 2 aliphatic heterocycles. The summed E-state index contributed by atoms with van der Waals surface area (Å²) >= 11 is 0. The Hall–Kier alpha value is -1.79. The molecule has 0 aromatic heterocycles. The zero-order valence-corrected chi connectivity index (χ0v) is 53.7. The van der Waals surface area contributed by atoms with E-state index in [1.54, 1.807) is 6.08 Å². The molecule has 2 heterocycles. The summed E-state index contributed by atoms with van der Waals surface area (Å²) in [6.07, 6.45) is 54.5. The molecule has 0 radical (unpaired) electrons. The van der Waals surface area contributed by atoms with Crippen molar-refractivity contribution in [1.82, 2.24) is 5.32 Å². The summed E-state index contributed by atoms with van der Waals surface area (Å²) in [7, 11) is 0. The summed E-state index contributed by atoms with van der Waals surface area (Å²) in [4.78, 5) is 13.2. The number of amides is 1. The zero-order valence-electron chi connectivity index (χ0n) is 53.7. The third-order valence-corrected chi connectivity index (χ3v) is 17.4. The third-order valence-electron chi connectivity index (χ3n) is 17.4. The average Bonchev–Trinajstić information content (AvgIpc) is 2.95. The highest BCUT2D eigenvalue weighted by Gasteiger charge is 2.51. The van der Waals surface area contributed by atoms with E-state index >= 15 is 0 Å². The first-order chi connectivity index (χ1) is 41.1. The highest BCUT2D eigenvalue weighted by molar-refractivity contribution is 5.76. The number of carbonyl (C=O) groups excluding carboxylic acids is 1. The Morgan fingerprint density at radius 1 is 0.440 bits per heavy atom. The second kappa shape index (κ2) is 55.3. The fourth-order valence-corrected chi connectivity index (χ4v) is 11.8. The van der Waals surface area contributed by atoms with Crippen LogP contribution in [0.2, 0.25) is 0 Å². The Labute approximate surface area is 512 Å². The van der Waals surface area contributed by atoms with E-state index < -0.39 is 86.8 Å². The van der Waals surface area contributed by atoms with Gasteiger partial charge >= 0.3 is 0 Å². The number of carbonyl (C=O) groups is 1. The van der Waals surface area contributed by atoms with Gasteiger partial charge in [0.15, 0.2) is 12.6 Å². The number of nitrogens with one attached hydrogen (secondary N) is 1. The van der Waals surface area contributed by atoms with E-state index in [-0.39, 0.29) is 18.9 Å². The predicted octanol–water partition coefficient (Wildman–Crippen LogP) is 14.1. The van der Waals surface area contributed by atoms with E-state index in [4.69, 9.17) is 18.9 Å². The molecule has 0 spiro atoms. The van der Waals surface area contributed by atoms with Crippen LogP contribution in [0.3, 0.4) is 0 Å². The molecule has 2 fully saturated rings. The van der Waals surface area contributed by atoms with E-state index in [9.17, 15) is 45.6 Å². The predicted molar refractivity (Wildman–Crippen MR) is 341 cm³/mol. The minimum atomic E-state index is -1.79. The van der Waals surface area contributed by atoms with Crippen LogP contribution in [0.1, 0.15) is 309 Å². The van der Waals surface area contributed by atoms with Crippen molar-refractivity contribution < 1.29 is 64.6 Å². The molecular weight excluding hydrogens is 1060 g/mol. The van der Waals surface area contributed by atoms with Crippen molar-refractivity contribution >= 4 is 5.91 Å². The van der Waals surface area contributed by atoms with Crippen LogP contribution in [0.5, 0.6) is 0 Å². The number of unbranched alkanes of at least 4 members (excludes halogenated alkanes) is 42. The summed E-state index contributed by atoms with van der Waals surface area (Å²) in [5.74, 6) is -0.252. The lowest BCUT2D eigenvalue weighted by Gasteiger charge is -2.46. The molecule has 14 heteroatoms. The quantitative estimate of drug-likeness (QED) is 0.0204. The monoisotopic (exact) mass is 1190 g/mol. The Morgan fingerprint density at radius 3 is 1.17 bits per heavy atom. The van der Waals surface area contributed by atoms with Gasteiger partial charge in [-0.2, -0.15) is 0 Å². The van der Waals surface area contributed by atoms with Gasteiger partial charge in [-0.1, -0.05) is 300 Å². The van der Waals surface area contributed by atoms with Crippen molar-refractivity contribution in [3.05, 3.63) is 36.5 Å². The van der Waals surface area contributed by atoms with Crippen LogP contribution in [0.15, 0.2) is 36.5 Å². The molecule has 0 aromatic carbocycles. The lowest BCUT2D eigenvalue weighted by atomic mass is 9.97. The fraction of sp³-hybridized carbons (Fsp3) is 0.900. The molecule has 84 heavy (non-hydrogen) atoms. The van der Waals surface area contributed by atoms with Crippen molar-refractivity contribution in [3.63, 3.8) is 0 Å². The van der Waals surface area contributed by atoms with Crippen molar-refractivity contribution in [1.29, 1.82) is 0 Å². The van der Waals surface area contributed by atoms with Crippen molar-refractivity contribution in [3.8, 4) is 0 Å². The largest absolute Gasteiger partial charge is 0.394 e. The second-order valence-electron chi connectivity index (χ2n) is 25.0. The first kappa shape index (κ1) is 78.3. The van der Waals surface area contributed by atoms with Crippen molar-refractivity contribution in [2.24, 2.45) is 0 Å². The van der Waals surface area contributed by atoms with Crippen LogP contribution >= 0.6 is 0 Å². The number of allylic oxidation sites excluding steroid dienone is 5. The molecule has 0 aliphatic carbocycles. The molecule has 14 nitrogen and oxygen atoms in total. The first-order valence-corrected chi connectivity index (χ1v) is 35.2. The molecule has 2 rings (SSSR count). The fourth-order valence-electron chi connectivity index (χ4n) is 11.8. The SMILES string of the molecule is C/C=C/CC/C=C/CC/C=C/C(O)C(COC1OC(CO)C(OC2OC(CO)C(O)C(O)C2O)C(O)C1O)NC(=O)CCCCCCCCCCCCCCCCCCCCCCCCCCCCCCCCCCCCCCCCCCC. The van der Waals surface area contributed by atoms with E-state index in [2.05, 4.69) is 30.5 Å². The van der Waals surface area contributed by atoms with E-state index in [1.165, 1.54) is 238 Å². The first-order valence-electron chi connectivity index (χ1n) is 35.2. The summed E-state index contributed by atoms with van der Waals surface area (Å²) in [6.45, 7) is 2.56. The summed E-state index contributed by atoms with van der Waals surface area (Å²) in [6, 6.07) is -0.934. The van der Waals surface area contributed by atoms with Gasteiger partial charge in [0.05, 0.1) is 32.0 Å². The Balaban J connectivity index is 1.48. The maximum absolute atomic E-state index is 13.2. The maximum atomic E-state index is 13.2. The lowest BCUT2D eigenvalue weighted by molar-refractivity contribution is -0.359. The number of aliphatic hydroxyl groups is 8. The number of rotatable bonds is 58. The van der Waals surface area contributed by atoms with Gasteiger partial charge in [0.25, 0.3) is 0 Å². The number of hydrogen-bond donors (Lipinski definition) is 9. The third kappa shape index (κ3) is 39.3. The Kier molecular flexibility index (Phi) is 51.5. The minimum absolute atomic E-state index is 0.252. The highest BCUT2D eigenvalue weighted by atomic mass is 16.7. The molecule has 12 unspecified atom stereocenters. The van der Waals surface area contributed by atoms with Gasteiger partial charge in [-0.15, -0.1) is 0 Å². The van der Waals surface area contributed by atoms with Crippen molar-refractivity contribution in [2.75, 3.05) is 19.8 Å². The van der Waals surface area contributed by atoms with Gasteiger partial charge in [0, 0.05) is 6.42 Å². The van der Waals surface area contributed by atoms with Gasteiger partial charge in [-0.05, 0) is 39.0 Å². The van der Waals surface area contributed by atoms with Crippen LogP contribution < -0.4 is 5.32 Å². The van der Waals surface area contributed by atoms with E-state index in [0.29, 0.717) is 12.8 Å². The highest BCUT2D eigenvalue weighted by Crippen LogP contribution is 2.30. The lowest BCUT2D eigenvalue weighted by Crippen LogP contribution is -2.65. The maximum Gasteiger partial charge on any atom is 0.220 e. The summed E-state index contributed by atoms with van der Waals surface area (Å²) in [5, 5.41) is 86.9. The van der Waals surface area contributed by atoms with Gasteiger partial charge < -0.3 is 65.1 Å². The average molecular weight is 1190 g/mol. The van der Waals surface area contributed by atoms with Crippen LogP contribution in [0.4, 0.5) is 0 Å². The molecule has 12 atom stereocenters. The molecule has 2 aliphatic rings. The van der Waals surface area contributed by atoms with Crippen molar-refractivity contribution in [2.45, 2.75) is 383 Å². The van der Waals surface area contributed by atoms with Gasteiger partial charge in [0.2, 0.25) is 5.91 Å². The molecule has 9 N–H and O–H groups in total. The van der Waals surface area contributed by atoms with E-state index in [1.807, 2.05) is 19.1 Å². The van der Waals surface area contributed by atoms with Gasteiger partial charge in [-0.3, -0.25) is 4.79 Å². The zero-order chi connectivity index (χ0) is 60.9. The second-order valence-corrected chi connectivity index (χ2v) is 25.0. The molecule has 0 aromatic rings. The molecular formula is C70H131NO13. The minimum Gasteiger partial charge on any atom is -0.394 e. The van der Waals surface area contributed by atoms with Crippen LogP contribution in [-0.4, -0.2) is 140 Å². The molecule has 1 amide bonds. The Bertz CT molecular complexity index is 1550. The number of hydrogen-bond acceptors (Lipinski definition) is 13. The smallest absolute Gasteiger partial charge is 0.220 e. The molecule has 494 valence electrons. The Morgan fingerprint density at radius 2 is 0.786 bits per heavy atom. The number of aliphatic hydroxyl groups excluding tert-OH is 8.